The number of carbonyl (C=O) groups excluding carboxylic acids is 1. The molecular weight excluding hydrogens is 284 g/mol. The van der Waals surface area contributed by atoms with Crippen molar-refractivity contribution in [1.29, 1.82) is 0 Å². The van der Waals surface area contributed by atoms with Crippen molar-refractivity contribution in [2.45, 2.75) is 24.5 Å². The molecule has 1 aromatic carbocycles. The lowest BCUT2D eigenvalue weighted by molar-refractivity contribution is -0.131. The average molecular weight is 308 g/mol. The summed E-state index contributed by atoms with van der Waals surface area (Å²) in [6.07, 6.45) is 0.0315. The van der Waals surface area contributed by atoms with E-state index >= 15 is 0 Å². The minimum absolute atomic E-state index is 0.0358. The highest BCUT2D eigenvalue weighted by atomic mass is 16.3. The summed E-state index contributed by atoms with van der Waals surface area (Å²) in [5.41, 5.74) is -0.257. The molecule has 1 saturated heterocycles. The number of rotatable bonds is 7. The number of β-amino-alcohol motifs (C(OH)–C–C–N with tert-alkyl or cyclic N) is 2. The number of amides is 1. The van der Waals surface area contributed by atoms with E-state index in [1.807, 2.05) is 30.3 Å². The third-order valence-electron chi connectivity index (χ3n) is 4.02. The first-order valence-electron chi connectivity index (χ1n) is 7.59. The topological polar surface area (TPSA) is 93.0 Å². The smallest absolute Gasteiger partial charge is 0.223 e. The number of carbonyl (C=O) groups is 1. The predicted molar refractivity (Wildman–Crippen MR) is 82.3 cm³/mol. The minimum Gasteiger partial charge on any atom is -0.395 e. The number of likely N-dealkylation sites (tertiary alicyclic amines) is 1. The Morgan fingerprint density at radius 1 is 1.36 bits per heavy atom. The molecule has 1 aromatic rings. The van der Waals surface area contributed by atoms with Crippen LogP contribution in [-0.4, -0.2) is 70.6 Å². The SMILES string of the molecule is O=C(CCc1ccccc1)N1C[C@@H](O)[C@](O)(CNCCO)C1. The molecule has 22 heavy (non-hydrogen) atoms. The quantitative estimate of drug-likeness (QED) is 0.492. The molecule has 0 saturated carbocycles. The molecule has 6 heteroatoms. The number of nitrogens with zero attached hydrogens (tertiary/aromatic N) is 1. The lowest BCUT2D eigenvalue weighted by atomic mass is 10.0. The van der Waals surface area contributed by atoms with Gasteiger partial charge in [-0.2, -0.15) is 0 Å². The molecule has 122 valence electrons. The molecule has 1 heterocycles. The largest absolute Gasteiger partial charge is 0.395 e. The zero-order chi connectivity index (χ0) is 16.0. The van der Waals surface area contributed by atoms with Gasteiger partial charge in [0.2, 0.25) is 5.91 Å². The van der Waals surface area contributed by atoms with E-state index in [-0.39, 0.29) is 32.1 Å². The summed E-state index contributed by atoms with van der Waals surface area (Å²) < 4.78 is 0. The first kappa shape index (κ1) is 16.9. The van der Waals surface area contributed by atoms with Gasteiger partial charge < -0.3 is 25.5 Å². The van der Waals surface area contributed by atoms with Gasteiger partial charge in [0.25, 0.3) is 0 Å². The van der Waals surface area contributed by atoms with E-state index in [0.717, 1.165) is 5.56 Å². The number of hydrogen-bond donors (Lipinski definition) is 4. The Balaban J connectivity index is 1.84. The van der Waals surface area contributed by atoms with Gasteiger partial charge in [-0.25, -0.2) is 0 Å². The zero-order valence-electron chi connectivity index (χ0n) is 12.6. The molecule has 1 aliphatic heterocycles. The van der Waals surface area contributed by atoms with E-state index in [1.54, 1.807) is 0 Å². The maximum absolute atomic E-state index is 12.2. The van der Waals surface area contributed by atoms with Crippen LogP contribution in [0.5, 0.6) is 0 Å². The van der Waals surface area contributed by atoms with Gasteiger partial charge in [-0.15, -0.1) is 0 Å². The van der Waals surface area contributed by atoms with E-state index in [9.17, 15) is 15.0 Å². The summed E-state index contributed by atoms with van der Waals surface area (Å²) in [4.78, 5) is 13.7. The molecule has 1 aliphatic rings. The fourth-order valence-corrected chi connectivity index (χ4v) is 2.68. The van der Waals surface area contributed by atoms with Crippen molar-refractivity contribution in [1.82, 2.24) is 10.2 Å². The van der Waals surface area contributed by atoms with Crippen LogP contribution in [0.25, 0.3) is 0 Å². The molecule has 0 spiro atoms. The van der Waals surface area contributed by atoms with Gasteiger partial charge in [-0.1, -0.05) is 30.3 Å². The number of aliphatic hydroxyl groups excluding tert-OH is 2. The number of hydrogen-bond acceptors (Lipinski definition) is 5. The normalized spacial score (nSPS) is 24.7. The van der Waals surface area contributed by atoms with Crippen LogP contribution >= 0.6 is 0 Å². The Labute approximate surface area is 130 Å². The van der Waals surface area contributed by atoms with Gasteiger partial charge in [0.05, 0.1) is 13.2 Å². The van der Waals surface area contributed by atoms with Gasteiger partial charge in [0, 0.05) is 26.1 Å². The molecule has 1 fully saturated rings. The number of nitrogens with one attached hydrogen (secondary N) is 1. The number of benzene rings is 1. The van der Waals surface area contributed by atoms with Gasteiger partial charge >= 0.3 is 0 Å². The van der Waals surface area contributed by atoms with E-state index in [0.29, 0.717) is 19.4 Å². The molecule has 4 N–H and O–H groups in total. The second-order valence-electron chi connectivity index (χ2n) is 5.78. The highest BCUT2D eigenvalue weighted by molar-refractivity contribution is 5.77. The Morgan fingerprint density at radius 2 is 2.09 bits per heavy atom. The first-order chi connectivity index (χ1) is 10.5. The van der Waals surface area contributed by atoms with E-state index in [4.69, 9.17) is 5.11 Å². The highest BCUT2D eigenvalue weighted by Crippen LogP contribution is 2.22. The van der Waals surface area contributed by atoms with Crippen LogP contribution in [0.1, 0.15) is 12.0 Å². The zero-order valence-corrected chi connectivity index (χ0v) is 12.6. The molecule has 2 atom stereocenters. The van der Waals surface area contributed by atoms with E-state index in [2.05, 4.69) is 5.32 Å². The lowest BCUT2D eigenvalue weighted by Crippen LogP contribution is -2.50. The van der Waals surface area contributed by atoms with Gasteiger partial charge in [-0.3, -0.25) is 4.79 Å². The molecule has 1 amide bonds. The summed E-state index contributed by atoms with van der Waals surface area (Å²) >= 11 is 0. The van der Waals surface area contributed by atoms with Crippen molar-refractivity contribution in [3.05, 3.63) is 35.9 Å². The van der Waals surface area contributed by atoms with Crippen molar-refractivity contribution in [3.63, 3.8) is 0 Å². The number of aliphatic hydroxyl groups is 3. The van der Waals surface area contributed by atoms with Crippen LogP contribution in [0.2, 0.25) is 0 Å². The molecule has 0 radical (unpaired) electrons. The van der Waals surface area contributed by atoms with Crippen LogP contribution in [-0.2, 0) is 11.2 Å². The standard InChI is InChI=1S/C16H24N2O4/c19-9-8-17-11-16(22)12-18(10-14(16)20)15(21)7-6-13-4-2-1-3-5-13/h1-5,14,17,19-20,22H,6-12H2/t14-,16+/m1/s1. The van der Waals surface area contributed by atoms with E-state index in [1.165, 1.54) is 4.90 Å². The van der Waals surface area contributed by atoms with Crippen LogP contribution in [0, 0.1) is 0 Å². The van der Waals surface area contributed by atoms with Crippen molar-refractivity contribution >= 4 is 5.91 Å². The summed E-state index contributed by atoms with van der Waals surface area (Å²) in [6.45, 7) is 0.714. The van der Waals surface area contributed by atoms with Crippen LogP contribution in [0.3, 0.4) is 0 Å². The molecule has 6 nitrogen and oxygen atoms in total. The Morgan fingerprint density at radius 3 is 2.77 bits per heavy atom. The Kier molecular flexibility index (Phi) is 5.90. The van der Waals surface area contributed by atoms with E-state index < -0.39 is 11.7 Å². The summed E-state index contributed by atoms with van der Waals surface area (Å²) in [7, 11) is 0. The highest BCUT2D eigenvalue weighted by Gasteiger charge is 2.45. The third-order valence-corrected chi connectivity index (χ3v) is 4.02. The van der Waals surface area contributed by atoms with Crippen LogP contribution in [0.4, 0.5) is 0 Å². The molecular formula is C16H24N2O4. The van der Waals surface area contributed by atoms with Gasteiger partial charge in [-0.05, 0) is 12.0 Å². The van der Waals surface area contributed by atoms with Crippen LogP contribution in [0.15, 0.2) is 30.3 Å². The predicted octanol–water partition coefficient (Wildman–Crippen LogP) is -0.865. The first-order valence-corrected chi connectivity index (χ1v) is 7.59. The minimum atomic E-state index is -1.35. The third kappa shape index (κ3) is 4.27. The lowest BCUT2D eigenvalue weighted by Gasteiger charge is -2.26. The Hall–Kier alpha value is -1.47. The fraction of sp³-hybridized carbons (Fsp3) is 0.562. The maximum atomic E-state index is 12.2. The molecule has 0 aliphatic carbocycles. The average Bonchev–Trinajstić information content (AvgIpc) is 2.82. The monoisotopic (exact) mass is 308 g/mol. The summed E-state index contributed by atoms with van der Waals surface area (Å²) in [5.74, 6) is -0.0685. The van der Waals surface area contributed by atoms with Crippen molar-refractivity contribution in [2.24, 2.45) is 0 Å². The molecule has 2 rings (SSSR count). The molecule has 0 bridgehead atoms. The second-order valence-corrected chi connectivity index (χ2v) is 5.78. The summed E-state index contributed by atoms with van der Waals surface area (Å²) in [6, 6.07) is 9.75. The fourth-order valence-electron chi connectivity index (χ4n) is 2.68. The molecule has 0 aromatic heterocycles. The summed E-state index contributed by atoms with van der Waals surface area (Å²) in [5, 5.41) is 32.0. The second kappa shape index (κ2) is 7.69. The van der Waals surface area contributed by atoms with Gasteiger partial charge in [0.15, 0.2) is 0 Å². The molecule has 0 unspecified atom stereocenters. The van der Waals surface area contributed by atoms with Crippen molar-refractivity contribution in [2.75, 3.05) is 32.8 Å². The van der Waals surface area contributed by atoms with Crippen molar-refractivity contribution in [3.8, 4) is 0 Å². The maximum Gasteiger partial charge on any atom is 0.223 e. The Bertz CT molecular complexity index is 482. The number of aryl methyl sites for hydroxylation is 1. The van der Waals surface area contributed by atoms with Crippen LogP contribution < -0.4 is 5.32 Å². The van der Waals surface area contributed by atoms with Gasteiger partial charge in [0.1, 0.15) is 11.7 Å². The van der Waals surface area contributed by atoms with Crippen molar-refractivity contribution < 1.29 is 20.1 Å².